The lowest BCUT2D eigenvalue weighted by Crippen LogP contribution is -2.45. The molecule has 1 aliphatic heterocycles. The fourth-order valence-corrected chi connectivity index (χ4v) is 2.66. The van der Waals surface area contributed by atoms with Crippen LogP contribution in [0.3, 0.4) is 0 Å². The van der Waals surface area contributed by atoms with Gasteiger partial charge in [-0.1, -0.05) is 19.8 Å². The molecule has 14 heavy (non-hydrogen) atoms. The van der Waals surface area contributed by atoms with Gasteiger partial charge in [0, 0.05) is 11.8 Å². The van der Waals surface area contributed by atoms with E-state index in [0.717, 1.165) is 37.2 Å². The predicted octanol–water partition coefficient (Wildman–Crippen LogP) is 1.13. The monoisotopic (exact) mass is 216 g/mol. The Labute approximate surface area is 90.2 Å². The zero-order chi connectivity index (χ0) is 10.4. The molecule has 0 aromatic rings. The summed E-state index contributed by atoms with van der Waals surface area (Å²) >= 11 is 1.90. The summed E-state index contributed by atoms with van der Waals surface area (Å²) in [5.74, 6) is 2.24. The molecule has 0 aromatic heterocycles. The summed E-state index contributed by atoms with van der Waals surface area (Å²) in [7, 11) is 0. The maximum Gasteiger partial charge on any atom is 0.237 e. The highest BCUT2D eigenvalue weighted by atomic mass is 32.2. The largest absolute Gasteiger partial charge is 0.351 e. The van der Waals surface area contributed by atoms with Gasteiger partial charge >= 0.3 is 0 Å². The normalized spacial score (nSPS) is 23.4. The van der Waals surface area contributed by atoms with Gasteiger partial charge in [-0.05, 0) is 18.6 Å². The van der Waals surface area contributed by atoms with E-state index >= 15 is 0 Å². The third kappa shape index (κ3) is 3.88. The lowest BCUT2D eigenvalue weighted by Gasteiger charge is -2.15. The summed E-state index contributed by atoms with van der Waals surface area (Å²) in [6, 6.07) is 0.0562. The second kappa shape index (κ2) is 6.30. The van der Waals surface area contributed by atoms with E-state index in [0.29, 0.717) is 6.04 Å². The van der Waals surface area contributed by atoms with Gasteiger partial charge in [-0.3, -0.25) is 4.79 Å². The van der Waals surface area contributed by atoms with Gasteiger partial charge in [-0.25, -0.2) is 0 Å². The first-order valence-electron chi connectivity index (χ1n) is 5.37. The van der Waals surface area contributed by atoms with Crippen LogP contribution in [0.1, 0.15) is 32.6 Å². The number of carbonyl (C=O) groups excluding carboxylic acids is 1. The maximum atomic E-state index is 11.6. The smallest absolute Gasteiger partial charge is 0.237 e. The van der Waals surface area contributed by atoms with Crippen molar-refractivity contribution in [3.63, 3.8) is 0 Å². The quantitative estimate of drug-likeness (QED) is 0.724. The van der Waals surface area contributed by atoms with E-state index in [1.54, 1.807) is 0 Å². The van der Waals surface area contributed by atoms with Crippen LogP contribution in [0, 0.1) is 0 Å². The maximum absolute atomic E-state index is 11.6. The Balaban J connectivity index is 2.18. The Bertz CT molecular complexity index is 181. The molecule has 2 atom stereocenters. The minimum absolute atomic E-state index is 0.0333. The first-order chi connectivity index (χ1) is 6.74. The summed E-state index contributed by atoms with van der Waals surface area (Å²) in [4.78, 5) is 11.6. The molecule has 1 saturated heterocycles. The van der Waals surface area contributed by atoms with E-state index in [9.17, 15) is 4.79 Å². The number of carbonyl (C=O) groups is 1. The molecular formula is C10H20N2OS. The fourth-order valence-electron chi connectivity index (χ4n) is 1.51. The van der Waals surface area contributed by atoms with Gasteiger partial charge in [0.15, 0.2) is 0 Å². The average Bonchev–Trinajstić information content (AvgIpc) is 2.66. The minimum Gasteiger partial charge on any atom is -0.351 e. The molecule has 1 amide bonds. The highest BCUT2D eigenvalue weighted by Crippen LogP contribution is 2.17. The molecule has 4 heteroatoms. The fraction of sp³-hybridized carbons (Fsp3) is 0.900. The zero-order valence-corrected chi connectivity index (χ0v) is 9.61. The predicted molar refractivity (Wildman–Crippen MR) is 61.4 cm³/mol. The molecule has 0 spiro atoms. The van der Waals surface area contributed by atoms with Crippen LogP contribution >= 0.6 is 11.8 Å². The van der Waals surface area contributed by atoms with Crippen molar-refractivity contribution in [3.05, 3.63) is 0 Å². The topological polar surface area (TPSA) is 55.1 Å². The van der Waals surface area contributed by atoms with Crippen LogP contribution in [0.15, 0.2) is 0 Å². The second-order valence-corrected chi connectivity index (χ2v) is 4.97. The van der Waals surface area contributed by atoms with Crippen LogP contribution < -0.4 is 11.1 Å². The molecule has 1 aliphatic rings. The summed E-state index contributed by atoms with van der Waals surface area (Å²) in [5, 5.41) is 3.00. The second-order valence-electron chi connectivity index (χ2n) is 3.82. The Kier molecular flexibility index (Phi) is 5.33. The molecule has 1 rings (SSSR count). The molecule has 82 valence electrons. The Morgan fingerprint density at radius 3 is 3.07 bits per heavy atom. The summed E-state index contributed by atoms with van der Waals surface area (Å²) < 4.78 is 0. The summed E-state index contributed by atoms with van der Waals surface area (Å²) in [6.07, 6.45) is 4.04. The molecule has 1 heterocycles. The lowest BCUT2D eigenvalue weighted by atomic mass is 10.1. The number of thioether (sulfide) groups is 1. The van der Waals surface area contributed by atoms with E-state index in [4.69, 9.17) is 5.73 Å². The van der Waals surface area contributed by atoms with Crippen LogP contribution in [-0.4, -0.2) is 29.5 Å². The van der Waals surface area contributed by atoms with Crippen LogP contribution in [-0.2, 0) is 4.79 Å². The van der Waals surface area contributed by atoms with Crippen molar-refractivity contribution >= 4 is 17.7 Å². The first-order valence-corrected chi connectivity index (χ1v) is 6.53. The zero-order valence-electron chi connectivity index (χ0n) is 8.79. The van der Waals surface area contributed by atoms with Crippen LogP contribution in [0.5, 0.6) is 0 Å². The number of hydrogen-bond acceptors (Lipinski definition) is 3. The molecule has 0 bridgehead atoms. The SMILES string of the molecule is CCCCC(N)C(=O)NC1CCSC1. The van der Waals surface area contributed by atoms with Gasteiger partial charge in [-0.15, -0.1) is 0 Å². The highest BCUT2D eigenvalue weighted by Gasteiger charge is 2.20. The Hall–Kier alpha value is -0.220. The molecule has 0 radical (unpaired) electrons. The van der Waals surface area contributed by atoms with E-state index in [1.807, 2.05) is 11.8 Å². The van der Waals surface area contributed by atoms with E-state index < -0.39 is 0 Å². The molecule has 3 N–H and O–H groups in total. The van der Waals surface area contributed by atoms with E-state index in [1.165, 1.54) is 0 Å². The van der Waals surface area contributed by atoms with E-state index in [2.05, 4.69) is 12.2 Å². The third-order valence-corrected chi connectivity index (χ3v) is 3.64. The number of rotatable bonds is 5. The van der Waals surface area contributed by atoms with Crippen molar-refractivity contribution in [2.24, 2.45) is 5.73 Å². The average molecular weight is 216 g/mol. The summed E-state index contributed by atoms with van der Waals surface area (Å²) in [5.41, 5.74) is 5.76. The van der Waals surface area contributed by atoms with Crippen molar-refractivity contribution in [3.8, 4) is 0 Å². The number of hydrogen-bond donors (Lipinski definition) is 2. The van der Waals surface area contributed by atoms with Gasteiger partial charge in [0.05, 0.1) is 6.04 Å². The van der Waals surface area contributed by atoms with Crippen molar-refractivity contribution in [1.82, 2.24) is 5.32 Å². The number of unbranched alkanes of at least 4 members (excludes halogenated alkanes) is 1. The number of nitrogens with one attached hydrogen (secondary N) is 1. The van der Waals surface area contributed by atoms with Crippen LogP contribution in [0.4, 0.5) is 0 Å². The third-order valence-electron chi connectivity index (χ3n) is 2.48. The van der Waals surface area contributed by atoms with Gasteiger partial charge < -0.3 is 11.1 Å². The molecule has 0 aromatic carbocycles. The van der Waals surface area contributed by atoms with Gasteiger partial charge in [0.1, 0.15) is 0 Å². The minimum atomic E-state index is -0.305. The van der Waals surface area contributed by atoms with Crippen LogP contribution in [0.25, 0.3) is 0 Å². The highest BCUT2D eigenvalue weighted by molar-refractivity contribution is 7.99. The van der Waals surface area contributed by atoms with Crippen molar-refractivity contribution in [2.75, 3.05) is 11.5 Å². The molecule has 2 unspecified atom stereocenters. The van der Waals surface area contributed by atoms with Gasteiger partial charge in [0.25, 0.3) is 0 Å². The summed E-state index contributed by atoms with van der Waals surface area (Å²) in [6.45, 7) is 2.11. The molecule has 1 fully saturated rings. The molecular weight excluding hydrogens is 196 g/mol. The number of amides is 1. The lowest BCUT2D eigenvalue weighted by molar-refractivity contribution is -0.123. The molecule has 3 nitrogen and oxygen atoms in total. The van der Waals surface area contributed by atoms with E-state index in [-0.39, 0.29) is 11.9 Å². The van der Waals surface area contributed by atoms with Crippen molar-refractivity contribution in [1.29, 1.82) is 0 Å². The number of nitrogens with two attached hydrogens (primary N) is 1. The Morgan fingerprint density at radius 2 is 2.50 bits per heavy atom. The first kappa shape index (κ1) is 11.9. The van der Waals surface area contributed by atoms with Gasteiger partial charge in [-0.2, -0.15) is 11.8 Å². The molecule has 0 aliphatic carbocycles. The Morgan fingerprint density at radius 1 is 1.71 bits per heavy atom. The van der Waals surface area contributed by atoms with Crippen LogP contribution in [0.2, 0.25) is 0 Å². The molecule has 0 saturated carbocycles. The van der Waals surface area contributed by atoms with Crippen molar-refractivity contribution in [2.45, 2.75) is 44.7 Å². The van der Waals surface area contributed by atoms with Gasteiger partial charge in [0.2, 0.25) is 5.91 Å². The standard InChI is InChI=1S/C10H20N2OS/c1-2-3-4-9(11)10(13)12-8-5-6-14-7-8/h8-9H,2-7,11H2,1H3,(H,12,13). The van der Waals surface area contributed by atoms with Crippen molar-refractivity contribution < 1.29 is 4.79 Å².